The maximum Gasteiger partial charge on any atom is 3.00 e. The van der Waals surface area contributed by atoms with Crippen LogP contribution in [0.4, 0.5) is 13.2 Å². The van der Waals surface area contributed by atoms with E-state index in [0.717, 1.165) is 29.7 Å². The molecule has 0 radical (unpaired) electrons. The van der Waals surface area contributed by atoms with Crippen molar-refractivity contribution in [2.24, 2.45) is 0 Å². The molecule has 4 aromatic rings. The smallest absolute Gasteiger partial charge is 0.668 e. The van der Waals surface area contributed by atoms with Gasteiger partial charge in [0.15, 0.2) is 0 Å². The van der Waals surface area contributed by atoms with Gasteiger partial charge in [-0.25, -0.2) is 8.78 Å². The van der Waals surface area contributed by atoms with E-state index in [0.29, 0.717) is 6.07 Å². The molecule has 182 valence electrons. The van der Waals surface area contributed by atoms with E-state index in [1.807, 2.05) is 49.5 Å². The summed E-state index contributed by atoms with van der Waals surface area (Å²) in [5.74, 6) is -3.36. The van der Waals surface area contributed by atoms with E-state index in [4.69, 9.17) is 0 Å². The number of halogens is 3. The summed E-state index contributed by atoms with van der Waals surface area (Å²) < 4.78 is 40.4. The van der Waals surface area contributed by atoms with Crippen molar-refractivity contribution in [2.75, 3.05) is 6.54 Å². The van der Waals surface area contributed by atoms with Crippen LogP contribution in [0.3, 0.4) is 0 Å². The second kappa shape index (κ2) is 11.1. The van der Waals surface area contributed by atoms with Gasteiger partial charge in [-0.3, -0.25) is 4.39 Å². The Morgan fingerprint density at radius 1 is 1.06 bits per heavy atom. The third-order valence-corrected chi connectivity index (χ3v) is 6.05. The Bertz CT molecular complexity index is 1390. The Hall–Kier alpha value is -3.41. The number of hydrogen-bond donors (Lipinski definition) is 0. The molecule has 6 rings (SSSR count). The fraction of sp³-hybridized carbons (Fsp3) is 0.138. The minimum absolute atomic E-state index is 0. The van der Waals surface area contributed by atoms with Crippen LogP contribution in [-0.2, 0) is 26.5 Å². The molecular formula is C29H21F3IrN3. The van der Waals surface area contributed by atoms with Gasteiger partial charge in [0.1, 0.15) is 0 Å². The summed E-state index contributed by atoms with van der Waals surface area (Å²) in [5, 5.41) is 4.41. The number of aromatic nitrogens is 1. The average Bonchev–Trinajstić information content (AvgIpc) is 3.37. The molecule has 0 spiro atoms. The Kier molecular flexibility index (Phi) is 7.92. The molecule has 0 fully saturated rings. The van der Waals surface area contributed by atoms with Crippen LogP contribution in [0.1, 0.15) is 22.9 Å². The zero-order valence-corrected chi connectivity index (χ0v) is 21.7. The molecule has 0 saturated carbocycles. The van der Waals surface area contributed by atoms with Crippen molar-refractivity contribution in [3.8, 4) is 22.4 Å². The number of pyridine rings is 1. The molecule has 0 aliphatic carbocycles. The Morgan fingerprint density at radius 3 is 2.64 bits per heavy atom. The number of nitrogens with zero attached hydrogens (tertiary/aromatic N) is 3. The fourth-order valence-corrected chi connectivity index (χ4v) is 4.30. The molecule has 1 atom stereocenters. The molecule has 0 amide bonds. The number of aryl methyl sites for hydroxylation is 1. The van der Waals surface area contributed by atoms with Gasteiger partial charge in [0.05, 0.1) is 11.6 Å². The van der Waals surface area contributed by atoms with Gasteiger partial charge in [0.2, 0.25) is 0 Å². The van der Waals surface area contributed by atoms with Crippen LogP contribution in [-0.4, -0.2) is 16.4 Å². The third-order valence-electron chi connectivity index (χ3n) is 6.05. The number of hydrogen-bond acceptors (Lipinski definition) is 2. The largest absolute Gasteiger partial charge is 3.00 e. The maximum absolute atomic E-state index is 13.8. The summed E-state index contributed by atoms with van der Waals surface area (Å²) in [6.45, 7) is 2.91. The van der Waals surface area contributed by atoms with Crippen LogP contribution in [0.15, 0.2) is 79.3 Å². The predicted octanol–water partition coefficient (Wildman–Crippen LogP) is 7.14. The zero-order valence-electron chi connectivity index (χ0n) is 19.3. The summed E-state index contributed by atoms with van der Waals surface area (Å²) >= 11 is 0. The molecule has 7 heteroatoms. The molecule has 0 N–H and O–H groups in total. The first-order chi connectivity index (χ1) is 17.0. The van der Waals surface area contributed by atoms with Gasteiger partial charge in [-0.05, 0) is 36.1 Å². The third kappa shape index (κ3) is 5.23. The Morgan fingerprint density at radius 2 is 1.86 bits per heavy atom. The van der Waals surface area contributed by atoms with Crippen molar-refractivity contribution >= 4 is 0 Å². The first-order valence-corrected chi connectivity index (χ1v) is 11.2. The molecule has 1 aromatic heterocycles. The van der Waals surface area contributed by atoms with Crippen molar-refractivity contribution in [3.05, 3.63) is 131 Å². The van der Waals surface area contributed by atoms with Gasteiger partial charge < -0.3 is 15.2 Å². The minimum atomic E-state index is -1.25. The van der Waals surface area contributed by atoms with Crippen LogP contribution in [0.25, 0.3) is 27.7 Å². The second-order valence-corrected chi connectivity index (χ2v) is 8.32. The molecule has 0 saturated heterocycles. The van der Waals surface area contributed by atoms with E-state index in [-0.39, 0.29) is 37.5 Å². The second-order valence-electron chi connectivity index (χ2n) is 8.32. The Labute approximate surface area is 222 Å². The van der Waals surface area contributed by atoms with Crippen LogP contribution in [0.5, 0.6) is 0 Å². The van der Waals surface area contributed by atoms with Crippen molar-refractivity contribution in [1.29, 1.82) is 0 Å². The topological polar surface area (TPSA) is 30.2 Å². The predicted molar refractivity (Wildman–Crippen MR) is 129 cm³/mol. The van der Waals surface area contributed by atoms with Crippen LogP contribution in [0, 0.1) is 36.5 Å². The number of benzene rings is 3. The van der Waals surface area contributed by atoms with Gasteiger partial charge in [-0.15, -0.1) is 6.07 Å². The normalized spacial score (nSPS) is 15.1. The molecular weight excluding hydrogens is 640 g/mol. The standard InChI is InChI=1S/C18H11F3N.C11H10N2.Ir/c1-11-7-17(14-8-13(19)9-16(20)18(14)21)22-10-15(11)12-5-3-2-4-6-12;1-2-4-10-9(3-1)5-7-13-8-6-12-11(10)13;/h2-7,9-10H,1H3;1-3,6,8,11H,5,7H2;/q-1;-2;+3. The van der Waals surface area contributed by atoms with E-state index in [2.05, 4.69) is 45.7 Å². The number of rotatable bonds is 2. The molecule has 2 aliphatic rings. The van der Waals surface area contributed by atoms with Crippen LogP contribution >= 0.6 is 0 Å². The molecule has 1 unspecified atom stereocenters. The first kappa shape index (κ1) is 25.7. The van der Waals surface area contributed by atoms with E-state index in [1.165, 1.54) is 11.1 Å². The first-order valence-electron chi connectivity index (χ1n) is 11.2. The summed E-state index contributed by atoms with van der Waals surface area (Å²) in [6.07, 6.45) is 6.85. The SMILES string of the molecule is Cc1cc(-c2[c-]c(F)cc(F)c2F)ncc1-c1ccccc1.[Ir+3].[c-]1cccc2c1C1[N-]C=CN1CC2. The van der Waals surface area contributed by atoms with Gasteiger partial charge in [-0.1, -0.05) is 54.4 Å². The van der Waals surface area contributed by atoms with E-state index < -0.39 is 17.5 Å². The monoisotopic (exact) mass is 661 g/mol. The van der Waals surface area contributed by atoms with Crippen molar-refractivity contribution < 1.29 is 33.3 Å². The molecule has 3 nitrogen and oxygen atoms in total. The molecule has 36 heavy (non-hydrogen) atoms. The van der Waals surface area contributed by atoms with Crippen molar-refractivity contribution in [3.63, 3.8) is 0 Å². The average molecular weight is 661 g/mol. The summed E-state index contributed by atoms with van der Waals surface area (Å²) in [4.78, 5) is 6.39. The molecule has 3 aromatic carbocycles. The van der Waals surface area contributed by atoms with Crippen LogP contribution in [0.2, 0.25) is 0 Å². The van der Waals surface area contributed by atoms with Crippen LogP contribution < -0.4 is 0 Å². The minimum Gasteiger partial charge on any atom is -0.668 e. The van der Waals surface area contributed by atoms with E-state index >= 15 is 0 Å². The maximum atomic E-state index is 13.8. The molecule has 3 heterocycles. The Balaban J connectivity index is 0.000000185. The van der Waals surface area contributed by atoms with Gasteiger partial charge >= 0.3 is 20.1 Å². The summed E-state index contributed by atoms with van der Waals surface area (Å²) in [5.41, 5.74) is 5.16. The van der Waals surface area contributed by atoms with E-state index in [9.17, 15) is 13.2 Å². The zero-order chi connectivity index (χ0) is 24.4. The van der Waals surface area contributed by atoms with Crippen molar-refractivity contribution in [1.82, 2.24) is 9.88 Å². The van der Waals surface area contributed by atoms with Crippen molar-refractivity contribution in [2.45, 2.75) is 19.5 Å². The van der Waals surface area contributed by atoms with Gasteiger partial charge in [0.25, 0.3) is 0 Å². The number of fused-ring (bicyclic) bond motifs is 3. The summed E-state index contributed by atoms with van der Waals surface area (Å²) in [7, 11) is 0. The van der Waals surface area contributed by atoms with Gasteiger partial charge in [-0.2, -0.15) is 41.6 Å². The quantitative estimate of drug-likeness (QED) is 0.169. The van der Waals surface area contributed by atoms with E-state index in [1.54, 1.807) is 12.3 Å². The molecule has 0 bridgehead atoms. The fourth-order valence-electron chi connectivity index (χ4n) is 4.30. The summed E-state index contributed by atoms with van der Waals surface area (Å²) in [6, 6.07) is 23.3. The molecule has 2 aliphatic heterocycles. The van der Waals surface area contributed by atoms with Gasteiger partial charge in [0, 0.05) is 24.1 Å².